The molecule has 0 bridgehead atoms. The molecule has 0 aliphatic carbocycles. The molecule has 25 heavy (non-hydrogen) atoms. The molecule has 2 atom stereocenters. The first-order chi connectivity index (χ1) is 12.0. The SMILES string of the molecule is O=C(CCCCCCCBr)NC(CO)C(O)c1ccc([N+](=O)[O-])cc1. The minimum Gasteiger partial charge on any atom is -0.394 e. The molecule has 1 amide bonds. The Morgan fingerprint density at radius 1 is 1.16 bits per heavy atom. The number of hydrogen-bond donors (Lipinski definition) is 3. The summed E-state index contributed by atoms with van der Waals surface area (Å²) < 4.78 is 0. The number of amides is 1. The number of rotatable bonds is 12. The largest absolute Gasteiger partial charge is 0.394 e. The second kappa shape index (κ2) is 11.9. The van der Waals surface area contributed by atoms with Crippen LogP contribution < -0.4 is 5.32 Å². The van der Waals surface area contributed by atoms with Crippen LogP contribution in [0.1, 0.15) is 50.2 Å². The number of carbonyl (C=O) groups excluding carboxylic acids is 1. The van der Waals surface area contributed by atoms with Crippen molar-refractivity contribution in [2.75, 3.05) is 11.9 Å². The first-order valence-corrected chi connectivity index (χ1v) is 9.50. The number of aliphatic hydroxyl groups is 2. The van der Waals surface area contributed by atoms with Crippen LogP contribution >= 0.6 is 15.9 Å². The number of nitro benzene ring substituents is 1. The van der Waals surface area contributed by atoms with Gasteiger partial charge in [-0.25, -0.2) is 0 Å². The summed E-state index contributed by atoms with van der Waals surface area (Å²) in [6, 6.07) is 4.55. The molecule has 0 radical (unpaired) electrons. The van der Waals surface area contributed by atoms with E-state index in [1.807, 2.05) is 0 Å². The molecule has 0 aliphatic rings. The first kappa shape index (κ1) is 21.5. The summed E-state index contributed by atoms with van der Waals surface area (Å²) in [5.41, 5.74) is 0.320. The minimum absolute atomic E-state index is 0.0829. The monoisotopic (exact) mass is 416 g/mol. The fourth-order valence-electron chi connectivity index (χ4n) is 2.44. The van der Waals surface area contributed by atoms with Crippen LogP contribution in [0.15, 0.2) is 24.3 Å². The number of aliphatic hydroxyl groups excluding tert-OH is 2. The van der Waals surface area contributed by atoms with Crippen molar-refractivity contribution in [3.63, 3.8) is 0 Å². The van der Waals surface area contributed by atoms with Gasteiger partial charge in [-0.15, -0.1) is 0 Å². The van der Waals surface area contributed by atoms with Gasteiger partial charge in [-0.3, -0.25) is 14.9 Å². The predicted octanol–water partition coefficient (Wildman–Crippen LogP) is 2.84. The maximum absolute atomic E-state index is 12.0. The molecule has 0 spiro atoms. The maximum atomic E-state index is 12.0. The van der Waals surface area contributed by atoms with E-state index in [9.17, 15) is 25.1 Å². The average Bonchev–Trinajstić information content (AvgIpc) is 2.62. The van der Waals surface area contributed by atoms with E-state index in [-0.39, 0.29) is 11.6 Å². The van der Waals surface area contributed by atoms with Gasteiger partial charge in [0.1, 0.15) is 6.10 Å². The molecule has 1 aromatic carbocycles. The third kappa shape index (κ3) is 7.94. The lowest BCUT2D eigenvalue weighted by Gasteiger charge is -2.22. The van der Waals surface area contributed by atoms with Crippen LogP contribution in [-0.4, -0.2) is 39.0 Å². The number of hydrogen-bond acceptors (Lipinski definition) is 5. The summed E-state index contributed by atoms with van der Waals surface area (Å²) in [6.07, 6.45) is 4.28. The highest BCUT2D eigenvalue weighted by Gasteiger charge is 2.22. The molecule has 1 rings (SSSR count). The number of benzene rings is 1. The molecule has 0 aromatic heterocycles. The van der Waals surface area contributed by atoms with E-state index in [1.54, 1.807) is 0 Å². The van der Waals surface area contributed by atoms with Gasteiger partial charge in [0.15, 0.2) is 0 Å². The van der Waals surface area contributed by atoms with E-state index in [2.05, 4.69) is 21.2 Å². The Labute approximate surface area is 155 Å². The van der Waals surface area contributed by atoms with Gasteiger partial charge in [-0.1, -0.05) is 35.2 Å². The summed E-state index contributed by atoms with van der Waals surface area (Å²) in [4.78, 5) is 22.1. The van der Waals surface area contributed by atoms with Gasteiger partial charge in [0, 0.05) is 23.9 Å². The normalized spacial score (nSPS) is 13.2. The first-order valence-electron chi connectivity index (χ1n) is 8.38. The zero-order chi connectivity index (χ0) is 18.7. The highest BCUT2D eigenvalue weighted by Crippen LogP contribution is 2.20. The third-order valence-corrected chi connectivity index (χ3v) is 4.47. The Morgan fingerprint density at radius 3 is 2.32 bits per heavy atom. The number of nitro groups is 1. The topological polar surface area (TPSA) is 113 Å². The van der Waals surface area contributed by atoms with E-state index in [1.165, 1.54) is 24.3 Å². The summed E-state index contributed by atoms with van der Waals surface area (Å²) in [6.45, 7) is -0.421. The van der Waals surface area contributed by atoms with Gasteiger partial charge in [-0.05, 0) is 30.5 Å². The number of non-ortho nitro benzene ring substituents is 1. The Kier molecular flexibility index (Phi) is 10.3. The van der Waals surface area contributed by atoms with Gasteiger partial charge < -0.3 is 15.5 Å². The van der Waals surface area contributed by atoms with Crippen LogP contribution in [-0.2, 0) is 4.79 Å². The van der Waals surface area contributed by atoms with Crippen molar-refractivity contribution >= 4 is 27.5 Å². The lowest BCUT2D eigenvalue weighted by Crippen LogP contribution is -2.41. The van der Waals surface area contributed by atoms with E-state index < -0.39 is 23.7 Å². The third-order valence-electron chi connectivity index (χ3n) is 3.91. The van der Waals surface area contributed by atoms with Crippen molar-refractivity contribution in [3.8, 4) is 0 Å². The summed E-state index contributed by atoms with van der Waals surface area (Å²) in [7, 11) is 0. The van der Waals surface area contributed by atoms with Crippen LogP contribution in [0.25, 0.3) is 0 Å². The highest BCUT2D eigenvalue weighted by molar-refractivity contribution is 9.09. The van der Waals surface area contributed by atoms with Crippen molar-refractivity contribution in [2.45, 2.75) is 50.7 Å². The smallest absolute Gasteiger partial charge is 0.269 e. The number of unbranched alkanes of at least 4 members (excludes halogenated alkanes) is 4. The number of halogens is 1. The Balaban J connectivity index is 2.45. The highest BCUT2D eigenvalue weighted by atomic mass is 79.9. The molecule has 7 nitrogen and oxygen atoms in total. The lowest BCUT2D eigenvalue weighted by molar-refractivity contribution is -0.384. The standard InChI is InChI=1S/C17H25BrN2O5/c18-11-5-3-1-2-4-6-16(22)19-15(12-21)17(23)13-7-9-14(10-8-13)20(24)25/h7-10,15,17,21,23H,1-6,11-12H2,(H,19,22). The van der Waals surface area contributed by atoms with Crippen molar-refractivity contribution in [1.82, 2.24) is 5.32 Å². The second-order valence-electron chi connectivity index (χ2n) is 5.86. The molecule has 0 aliphatic heterocycles. The fourth-order valence-corrected chi connectivity index (χ4v) is 2.84. The number of alkyl halides is 1. The molecule has 8 heteroatoms. The van der Waals surface area contributed by atoms with Crippen molar-refractivity contribution < 1.29 is 19.9 Å². The van der Waals surface area contributed by atoms with Crippen LogP contribution in [0.5, 0.6) is 0 Å². The zero-order valence-corrected chi connectivity index (χ0v) is 15.7. The molecule has 140 valence electrons. The second-order valence-corrected chi connectivity index (χ2v) is 6.65. The quantitative estimate of drug-likeness (QED) is 0.210. The number of nitrogens with zero attached hydrogens (tertiary/aromatic N) is 1. The minimum atomic E-state index is -1.13. The molecular formula is C17H25BrN2O5. The molecule has 0 heterocycles. The van der Waals surface area contributed by atoms with Crippen LogP contribution in [0.4, 0.5) is 5.69 Å². The van der Waals surface area contributed by atoms with E-state index >= 15 is 0 Å². The summed E-state index contributed by atoms with van der Waals surface area (Å²) >= 11 is 3.38. The molecule has 1 aromatic rings. The van der Waals surface area contributed by atoms with Gasteiger partial charge in [0.25, 0.3) is 5.69 Å². The lowest BCUT2D eigenvalue weighted by atomic mass is 10.0. The van der Waals surface area contributed by atoms with Gasteiger partial charge in [0.05, 0.1) is 17.6 Å². The number of carbonyl (C=O) groups is 1. The summed E-state index contributed by atoms with van der Waals surface area (Å²) in [5.74, 6) is -0.222. The van der Waals surface area contributed by atoms with Gasteiger partial charge in [0.2, 0.25) is 5.91 Å². The zero-order valence-electron chi connectivity index (χ0n) is 14.1. The molecule has 0 saturated heterocycles. The number of nitrogens with one attached hydrogen (secondary N) is 1. The Hall–Kier alpha value is -1.51. The van der Waals surface area contributed by atoms with Crippen LogP contribution in [0.3, 0.4) is 0 Å². The summed E-state index contributed by atoms with van der Waals surface area (Å²) in [5, 5.41) is 34.0. The van der Waals surface area contributed by atoms with Crippen molar-refractivity contribution in [1.29, 1.82) is 0 Å². The Bertz CT molecular complexity index is 538. The average molecular weight is 417 g/mol. The van der Waals surface area contributed by atoms with Crippen LogP contribution in [0, 0.1) is 10.1 Å². The maximum Gasteiger partial charge on any atom is 0.269 e. The molecule has 0 saturated carbocycles. The van der Waals surface area contributed by atoms with E-state index in [4.69, 9.17) is 0 Å². The molecule has 2 unspecified atom stereocenters. The van der Waals surface area contributed by atoms with Crippen molar-refractivity contribution in [3.05, 3.63) is 39.9 Å². The molecule has 3 N–H and O–H groups in total. The van der Waals surface area contributed by atoms with Gasteiger partial charge >= 0.3 is 0 Å². The van der Waals surface area contributed by atoms with Crippen molar-refractivity contribution in [2.24, 2.45) is 0 Å². The predicted molar refractivity (Wildman–Crippen MR) is 98.6 cm³/mol. The Morgan fingerprint density at radius 2 is 1.76 bits per heavy atom. The van der Waals surface area contributed by atoms with Crippen LogP contribution in [0.2, 0.25) is 0 Å². The fraction of sp³-hybridized carbons (Fsp3) is 0.588. The van der Waals surface area contributed by atoms with E-state index in [0.717, 1.165) is 37.4 Å². The van der Waals surface area contributed by atoms with Gasteiger partial charge in [-0.2, -0.15) is 0 Å². The molecular weight excluding hydrogens is 392 g/mol. The van der Waals surface area contributed by atoms with E-state index in [0.29, 0.717) is 12.0 Å². The molecule has 0 fully saturated rings.